The van der Waals surface area contributed by atoms with E-state index in [0.717, 1.165) is 0 Å². The molecule has 4 heteroatoms. The summed E-state index contributed by atoms with van der Waals surface area (Å²) in [5.41, 5.74) is 0.483. The maximum absolute atomic E-state index is 11.5. The van der Waals surface area contributed by atoms with Crippen LogP contribution in [0.15, 0.2) is 42.5 Å². The van der Waals surface area contributed by atoms with E-state index in [4.69, 9.17) is 9.84 Å². The highest BCUT2D eigenvalue weighted by atomic mass is 16.5. The highest BCUT2D eigenvalue weighted by Crippen LogP contribution is 2.01. The number of ether oxygens (including phenoxy) is 1. The maximum atomic E-state index is 11.5. The average molecular weight is 236 g/mol. The van der Waals surface area contributed by atoms with Gasteiger partial charge in [-0.1, -0.05) is 24.3 Å². The summed E-state index contributed by atoms with van der Waals surface area (Å²) < 4.78 is 4.94. The lowest BCUT2D eigenvalue weighted by atomic mass is 10.2. The van der Waals surface area contributed by atoms with Crippen LogP contribution in [-0.2, 0) is 4.74 Å². The third kappa shape index (κ3) is 4.80. The van der Waals surface area contributed by atoms with Crippen molar-refractivity contribution in [3.8, 4) is 0 Å². The molecule has 1 aromatic rings. The van der Waals surface area contributed by atoms with E-state index in [1.807, 2.05) is 6.07 Å². The number of rotatable bonds is 5. The summed E-state index contributed by atoms with van der Waals surface area (Å²) >= 11 is 0. The number of aliphatic hydroxyl groups is 2. The summed E-state index contributed by atoms with van der Waals surface area (Å²) in [7, 11) is 0. The van der Waals surface area contributed by atoms with Gasteiger partial charge in [0.15, 0.2) is 0 Å². The number of esters is 1. The van der Waals surface area contributed by atoms with Crippen LogP contribution in [0.4, 0.5) is 0 Å². The molecule has 0 saturated carbocycles. The molecule has 17 heavy (non-hydrogen) atoms. The predicted molar refractivity (Wildman–Crippen MR) is 63.6 cm³/mol. The molecule has 0 spiro atoms. The first-order valence-electron chi connectivity index (χ1n) is 5.36. The largest absolute Gasteiger partial charge is 0.458 e. The van der Waals surface area contributed by atoms with Gasteiger partial charge in [-0.25, -0.2) is 4.79 Å². The molecular formula is C13H16O4. The van der Waals surface area contributed by atoms with E-state index in [1.54, 1.807) is 24.3 Å². The number of hydrogen-bond acceptors (Lipinski definition) is 4. The van der Waals surface area contributed by atoms with Gasteiger partial charge in [0.1, 0.15) is 6.61 Å². The minimum absolute atomic E-state index is 0.0670. The maximum Gasteiger partial charge on any atom is 0.338 e. The zero-order valence-electron chi connectivity index (χ0n) is 9.61. The van der Waals surface area contributed by atoms with E-state index >= 15 is 0 Å². The van der Waals surface area contributed by atoms with Crippen LogP contribution in [0, 0.1) is 0 Å². The fourth-order valence-corrected chi connectivity index (χ4v) is 1.14. The summed E-state index contributed by atoms with van der Waals surface area (Å²) in [5.74, 6) is -0.415. The molecule has 0 fully saturated rings. The Hall–Kier alpha value is -1.65. The van der Waals surface area contributed by atoms with Crippen LogP contribution in [0.3, 0.4) is 0 Å². The lowest BCUT2D eigenvalue weighted by molar-refractivity contribution is 0.0534. The van der Waals surface area contributed by atoms with Crippen molar-refractivity contribution < 1.29 is 19.7 Å². The van der Waals surface area contributed by atoms with E-state index in [1.165, 1.54) is 19.1 Å². The first-order valence-corrected chi connectivity index (χ1v) is 5.36. The molecule has 0 amide bonds. The van der Waals surface area contributed by atoms with Crippen molar-refractivity contribution in [1.82, 2.24) is 0 Å². The average Bonchev–Trinajstić information content (AvgIpc) is 2.35. The van der Waals surface area contributed by atoms with Crippen LogP contribution in [0.2, 0.25) is 0 Å². The van der Waals surface area contributed by atoms with Crippen LogP contribution < -0.4 is 0 Å². The van der Waals surface area contributed by atoms with Crippen LogP contribution >= 0.6 is 0 Å². The minimum Gasteiger partial charge on any atom is -0.458 e. The lowest BCUT2D eigenvalue weighted by Crippen LogP contribution is -2.19. The van der Waals surface area contributed by atoms with Crippen molar-refractivity contribution in [2.24, 2.45) is 0 Å². The number of carbonyl (C=O) groups is 1. The molecule has 0 aliphatic carbocycles. The van der Waals surface area contributed by atoms with E-state index in [-0.39, 0.29) is 6.61 Å². The van der Waals surface area contributed by atoms with Gasteiger partial charge in [0.2, 0.25) is 0 Å². The molecule has 2 N–H and O–H groups in total. The third-order valence-corrected chi connectivity index (χ3v) is 2.15. The van der Waals surface area contributed by atoms with Crippen LogP contribution in [0.25, 0.3) is 0 Å². The van der Waals surface area contributed by atoms with Gasteiger partial charge in [0, 0.05) is 0 Å². The highest BCUT2D eigenvalue weighted by molar-refractivity contribution is 5.89. The second kappa shape index (κ2) is 6.83. The monoisotopic (exact) mass is 236 g/mol. The third-order valence-electron chi connectivity index (χ3n) is 2.15. The molecule has 0 aliphatic rings. The Labute approximate surface area is 100 Å². The van der Waals surface area contributed by atoms with Crippen molar-refractivity contribution in [2.45, 2.75) is 19.1 Å². The topological polar surface area (TPSA) is 66.8 Å². The molecule has 4 nitrogen and oxygen atoms in total. The Morgan fingerprint density at radius 1 is 1.35 bits per heavy atom. The van der Waals surface area contributed by atoms with Crippen molar-refractivity contribution >= 4 is 5.97 Å². The number of carbonyl (C=O) groups excluding carboxylic acids is 1. The molecule has 0 heterocycles. The summed E-state index contributed by atoms with van der Waals surface area (Å²) in [6.45, 7) is 1.54. The van der Waals surface area contributed by atoms with Gasteiger partial charge in [0.05, 0.1) is 17.8 Å². The molecule has 1 aromatic carbocycles. The first-order chi connectivity index (χ1) is 8.11. The Morgan fingerprint density at radius 2 is 2.00 bits per heavy atom. The number of hydrogen-bond donors (Lipinski definition) is 2. The predicted octanol–water partition coefficient (Wildman–Crippen LogP) is 1.14. The second-order valence-corrected chi connectivity index (χ2v) is 3.62. The van der Waals surface area contributed by atoms with Crippen LogP contribution in [0.1, 0.15) is 17.3 Å². The molecule has 0 radical (unpaired) electrons. The van der Waals surface area contributed by atoms with Gasteiger partial charge in [0.25, 0.3) is 0 Å². The van der Waals surface area contributed by atoms with Crippen molar-refractivity contribution in [2.75, 3.05) is 6.61 Å². The Morgan fingerprint density at radius 3 is 2.59 bits per heavy atom. The Balaban J connectivity index is 2.35. The summed E-state index contributed by atoms with van der Waals surface area (Å²) in [5, 5.41) is 18.2. The van der Waals surface area contributed by atoms with Gasteiger partial charge in [-0.2, -0.15) is 0 Å². The fraction of sp³-hybridized carbons (Fsp3) is 0.308. The fourth-order valence-electron chi connectivity index (χ4n) is 1.14. The van der Waals surface area contributed by atoms with E-state index < -0.39 is 18.2 Å². The number of aliphatic hydroxyl groups excluding tert-OH is 2. The molecule has 0 aromatic heterocycles. The van der Waals surface area contributed by atoms with Gasteiger partial charge < -0.3 is 14.9 Å². The van der Waals surface area contributed by atoms with Crippen molar-refractivity contribution in [3.63, 3.8) is 0 Å². The number of benzene rings is 1. The van der Waals surface area contributed by atoms with E-state index in [0.29, 0.717) is 5.56 Å². The molecule has 1 rings (SSSR count). The Kier molecular flexibility index (Phi) is 5.39. The molecule has 0 bridgehead atoms. The van der Waals surface area contributed by atoms with Crippen LogP contribution in [0.5, 0.6) is 0 Å². The standard InChI is InChI=1S/C13H16O4/c1-10(14)12(15)8-5-9-17-13(16)11-6-3-2-4-7-11/h2-8,10,12,14-15H,9H2,1H3/b8-5+/t10-,12-/m0/s1. The van der Waals surface area contributed by atoms with Gasteiger partial charge in [-0.3, -0.25) is 0 Å². The molecule has 92 valence electrons. The first kappa shape index (κ1) is 13.4. The van der Waals surface area contributed by atoms with Crippen molar-refractivity contribution in [1.29, 1.82) is 0 Å². The summed E-state index contributed by atoms with van der Waals surface area (Å²) in [6.07, 6.45) is 1.11. The summed E-state index contributed by atoms with van der Waals surface area (Å²) in [6, 6.07) is 8.65. The zero-order valence-corrected chi connectivity index (χ0v) is 9.61. The van der Waals surface area contributed by atoms with E-state index in [9.17, 15) is 9.90 Å². The quantitative estimate of drug-likeness (QED) is 0.594. The highest BCUT2D eigenvalue weighted by Gasteiger charge is 2.06. The van der Waals surface area contributed by atoms with Gasteiger partial charge in [-0.05, 0) is 25.1 Å². The smallest absolute Gasteiger partial charge is 0.338 e. The van der Waals surface area contributed by atoms with Crippen LogP contribution in [-0.4, -0.2) is 35.0 Å². The molecule has 0 saturated heterocycles. The molecular weight excluding hydrogens is 220 g/mol. The second-order valence-electron chi connectivity index (χ2n) is 3.62. The van der Waals surface area contributed by atoms with E-state index in [2.05, 4.69) is 0 Å². The molecule has 0 unspecified atom stereocenters. The van der Waals surface area contributed by atoms with Gasteiger partial charge in [-0.15, -0.1) is 0 Å². The zero-order chi connectivity index (χ0) is 12.7. The Bertz CT molecular complexity index is 370. The van der Waals surface area contributed by atoms with Gasteiger partial charge >= 0.3 is 5.97 Å². The molecule has 0 aliphatic heterocycles. The summed E-state index contributed by atoms with van der Waals surface area (Å²) in [4.78, 5) is 11.5. The lowest BCUT2D eigenvalue weighted by Gasteiger charge is -2.07. The normalized spacial score (nSPS) is 14.5. The SMILES string of the molecule is C[C@H](O)[C@@H](O)/C=C/COC(=O)c1ccccc1. The minimum atomic E-state index is -0.939. The molecule has 2 atom stereocenters. The van der Waals surface area contributed by atoms with Crippen molar-refractivity contribution in [3.05, 3.63) is 48.0 Å².